The third kappa shape index (κ3) is 4.37. The lowest BCUT2D eigenvalue weighted by Gasteiger charge is -2.29. The molecule has 1 aromatic heterocycles. The predicted molar refractivity (Wildman–Crippen MR) is 113 cm³/mol. The summed E-state index contributed by atoms with van der Waals surface area (Å²) in [7, 11) is 3.17. The van der Waals surface area contributed by atoms with Gasteiger partial charge in [0.15, 0.2) is 18.1 Å². The quantitative estimate of drug-likeness (QED) is 0.615. The van der Waals surface area contributed by atoms with Crippen molar-refractivity contribution in [2.45, 2.75) is 13.0 Å². The van der Waals surface area contributed by atoms with Crippen LogP contribution in [0.1, 0.15) is 21.6 Å². The Morgan fingerprint density at radius 3 is 2.45 bits per heavy atom. The molecule has 2 aromatic carbocycles. The van der Waals surface area contributed by atoms with E-state index in [1.807, 2.05) is 42.5 Å². The standard InChI is InChI=1S/C23H23N3O5/c1-29-20-10-16-8-9-26(13-17(16)11-21(20)30-2)22(27)14-31-23(28)19-12-18(24-25-19)15-6-4-3-5-7-15/h3-7,10-12H,8-9,13-14H2,1-2H3,(H,24,25). The van der Waals surface area contributed by atoms with Gasteiger partial charge in [0.1, 0.15) is 5.69 Å². The van der Waals surface area contributed by atoms with Gasteiger partial charge in [-0.3, -0.25) is 9.89 Å². The van der Waals surface area contributed by atoms with Gasteiger partial charge in [-0.2, -0.15) is 5.10 Å². The lowest BCUT2D eigenvalue weighted by atomic mass is 9.99. The third-order valence-corrected chi connectivity index (χ3v) is 5.26. The molecular weight excluding hydrogens is 398 g/mol. The minimum atomic E-state index is -0.619. The zero-order valence-corrected chi connectivity index (χ0v) is 17.4. The number of fused-ring (bicyclic) bond motifs is 1. The first-order valence-corrected chi connectivity index (χ1v) is 9.88. The first-order chi connectivity index (χ1) is 15.1. The van der Waals surface area contributed by atoms with Crippen LogP contribution in [0.4, 0.5) is 0 Å². The normalized spacial score (nSPS) is 12.8. The fourth-order valence-corrected chi connectivity index (χ4v) is 3.58. The van der Waals surface area contributed by atoms with Crippen molar-refractivity contribution in [2.24, 2.45) is 0 Å². The van der Waals surface area contributed by atoms with Crippen molar-refractivity contribution < 1.29 is 23.8 Å². The number of benzene rings is 2. The molecule has 0 saturated heterocycles. The molecule has 3 aromatic rings. The van der Waals surface area contributed by atoms with E-state index in [0.29, 0.717) is 36.7 Å². The van der Waals surface area contributed by atoms with Crippen LogP contribution in [-0.2, 0) is 22.5 Å². The first-order valence-electron chi connectivity index (χ1n) is 9.88. The molecule has 1 aliphatic heterocycles. The topological polar surface area (TPSA) is 93.8 Å². The molecule has 31 heavy (non-hydrogen) atoms. The second-order valence-corrected chi connectivity index (χ2v) is 7.15. The fourth-order valence-electron chi connectivity index (χ4n) is 3.58. The molecule has 0 radical (unpaired) electrons. The maximum atomic E-state index is 12.6. The number of rotatable bonds is 6. The molecule has 0 aliphatic carbocycles. The molecule has 0 fully saturated rings. The van der Waals surface area contributed by atoms with Crippen molar-refractivity contribution in [1.29, 1.82) is 0 Å². The Bertz CT molecular complexity index is 1090. The van der Waals surface area contributed by atoms with Crippen LogP contribution >= 0.6 is 0 Å². The molecule has 8 heteroatoms. The van der Waals surface area contributed by atoms with Crippen LogP contribution < -0.4 is 9.47 Å². The van der Waals surface area contributed by atoms with Gasteiger partial charge in [0.2, 0.25) is 0 Å². The summed E-state index contributed by atoms with van der Waals surface area (Å²) in [5.41, 5.74) is 3.82. The van der Waals surface area contributed by atoms with E-state index >= 15 is 0 Å². The number of amides is 1. The molecule has 0 atom stereocenters. The van der Waals surface area contributed by atoms with Crippen molar-refractivity contribution in [3.8, 4) is 22.8 Å². The smallest absolute Gasteiger partial charge is 0.356 e. The summed E-state index contributed by atoms with van der Waals surface area (Å²) in [4.78, 5) is 26.6. The highest BCUT2D eigenvalue weighted by Gasteiger charge is 2.24. The zero-order valence-electron chi connectivity index (χ0n) is 17.4. The molecule has 0 saturated carbocycles. The fraction of sp³-hybridized carbons (Fsp3) is 0.261. The summed E-state index contributed by atoms with van der Waals surface area (Å²) < 4.78 is 15.9. The van der Waals surface area contributed by atoms with E-state index in [2.05, 4.69) is 10.2 Å². The number of aromatic nitrogens is 2. The maximum Gasteiger partial charge on any atom is 0.356 e. The lowest BCUT2D eigenvalue weighted by Crippen LogP contribution is -2.38. The molecule has 0 spiro atoms. The number of ether oxygens (including phenoxy) is 3. The summed E-state index contributed by atoms with van der Waals surface area (Å²) in [6.07, 6.45) is 0.691. The molecule has 1 aliphatic rings. The highest BCUT2D eigenvalue weighted by molar-refractivity contribution is 5.90. The lowest BCUT2D eigenvalue weighted by molar-refractivity contribution is -0.135. The highest BCUT2D eigenvalue weighted by atomic mass is 16.5. The van der Waals surface area contributed by atoms with E-state index in [-0.39, 0.29) is 18.2 Å². The molecule has 0 unspecified atom stereocenters. The van der Waals surface area contributed by atoms with Crippen LogP contribution in [0.2, 0.25) is 0 Å². The molecule has 0 bridgehead atoms. The number of nitrogens with one attached hydrogen (secondary N) is 1. The van der Waals surface area contributed by atoms with Gasteiger partial charge >= 0.3 is 5.97 Å². The Labute approximate surface area is 179 Å². The minimum absolute atomic E-state index is 0.201. The molecule has 1 amide bonds. The molecule has 1 N–H and O–H groups in total. The minimum Gasteiger partial charge on any atom is -0.493 e. The monoisotopic (exact) mass is 421 g/mol. The molecule has 2 heterocycles. The number of carbonyl (C=O) groups excluding carboxylic acids is 2. The average Bonchev–Trinajstić information content (AvgIpc) is 3.32. The van der Waals surface area contributed by atoms with Crippen molar-refractivity contribution in [3.63, 3.8) is 0 Å². The van der Waals surface area contributed by atoms with Crippen LogP contribution in [0.15, 0.2) is 48.5 Å². The highest BCUT2D eigenvalue weighted by Crippen LogP contribution is 2.33. The summed E-state index contributed by atoms with van der Waals surface area (Å²) in [5, 5.41) is 6.81. The third-order valence-electron chi connectivity index (χ3n) is 5.26. The summed E-state index contributed by atoms with van der Waals surface area (Å²) in [5.74, 6) is 0.420. The second kappa shape index (κ2) is 8.91. The van der Waals surface area contributed by atoms with Crippen molar-refractivity contribution in [2.75, 3.05) is 27.4 Å². The number of hydrogen-bond donors (Lipinski definition) is 1. The van der Waals surface area contributed by atoms with Gasteiger partial charge in [0.05, 0.1) is 19.9 Å². The van der Waals surface area contributed by atoms with E-state index in [4.69, 9.17) is 14.2 Å². The maximum absolute atomic E-state index is 12.6. The molecule has 160 valence electrons. The number of aromatic amines is 1. The Hall–Kier alpha value is -3.81. The second-order valence-electron chi connectivity index (χ2n) is 7.15. The van der Waals surface area contributed by atoms with Gasteiger partial charge < -0.3 is 19.1 Å². The largest absolute Gasteiger partial charge is 0.493 e. The van der Waals surface area contributed by atoms with Gasteiger partial charge in [-0.05, 0) is 35.7 Å². The Kier molecular flexibility index (Phi) is 5.88. The average molecular weight is 421 g/mol. The predicted octanol–water partition coefficient (Wildman–Crippen LogP) is 2.84. The van der Waals surface area contributed by atoms with Gasteiger partial charge in [-0.15, -0.1) is 0 Å². The Morgan fingerprint density at radius 1 is 1.03 bits per heavy atom. The van der Waals surface area contributed by atoms with Crippen molar-refractivity contribution >= 4 is 11.9 Å². The zero-order chi connectivity index (χ0) is 21.8. The first kappa shape index (κ1) is 20.5. The molecular formula is C23H23N3O5. The number of esters is 1. The van der Waals surface area contributed by atoms with E-state index in [1.165, 1.54) is 0 Å². The Morgan fingerprint density at radius 2 is 1.74 bits per heavy atom. The summed E-state index contributed by atoms with van der Waals surface area (Å²) in [6, 6.07) is 14.9. The van der Waals surface area contributed by atoms with Crippen LogP contribution in [-0.4, -0.2) is 54.3 Å². The molecule has 4 rings (SSSR count). The number of nitrogens with zero attached hydrogens (tertiary/aromatic N) is 2. The van der Waals surface area contributed by atoms with Crippen LogP contribution in [0.3, 0.4) is 0 Å². The van der Waals surface area contributed by atoms with Crippen LogP contribution in [0.5, 0.6) is 11.5 Å². The number of H-pyrrole nitrogens is 1. The SMILES string of the molecule is COc1cc2c(cc1OC)CN(C(=O)COC(=O)c1cc(-c3ccccc3)n[nH]1)CC2. The van der Waals surface area contributed by atoms with Gasteiger partial charge in [-0.1, -0.05) is 30.3 Å². The van der Waals surface area contributed by atoms with Gasteiger partial charge in [0.25, 0.3) is 5.91 Å². The summed E-state index contributed by atoms with van der Waals surface area (Å²) in [6.45, 7) is 0.635. The molecule has 8 nitrogen and oxygen atoms in total. The van der Waals surface area contributed by atoms with E-state index in [9.17, 15) is 9.59 Å². The van der Waals surface area contributed by atoms with Crippen LogP contribution in [0.25, 0.3) is 11.3 Å². The number of methoxy groups -OCH3 is 2. The van der Waals surface area contributed by atoms with E-state index in [1.54, 1.807) is 25.2 Å². The van der Waals surface area contributed by atoms with Crippen molar-refractivity contribution in [1.82, 2.24) is 15.1 Å². The summed E-state index contributed by atoms with van der Waals surface area (Å²) >= 11 is 0. The van der Waals surface area contributed by atoms with Crippen LogP contribution in [0, 0.1) is 0 Å². The number of carbonyl (C=O) groups is 2. The number of hydrogen-bond acceptors (Lipinski definition) is 6. The van der Waals surface area contributed by atoms with E-state index in [0.717, 1.165) is 16.7 Å². The van der Waals surface area contributed by atoms with Gasteiger partial charge in [-0.25, -0.2) is 4.79 Å². The Balaban J connectivity index is 1.36. The van der Waals surface area contributed by atoms with Gasteiger partial charge in [0, 0.05) is 18.7 Å². The van der Waals surface area contributed by atoms with E-state index < -0.39 is 5.97 Å². The van der Waals surface area contributed by atoms with Crippen molar-refractivity contribution in [3.05, 3.63) is 65.4 Å².